The molecule has 0 aliphatic rings. The lowest BCUT2D eigenvalue weighted by atomic mass is 10.1. The molecule has 23 heavy (non-hydrogen) atoms. The van der Waals surface area contributed by atoms with Crippen LogP contribution in [0, 0.1) is 10.5 Å². The minimum Gasteiger partial charge on any atom is -0.392 e. The molecule has 2 N–H and O–H groups in total. The van der Waals surface area contributed by atoms with Gasteiger partial charge in [0.1, 0.15) is 0 Å². The number of aliphatic hydroxyl groups is 1. The number of anilines is 1. The topological polar surface area (TPSA) is 49.3 Å². The van der Waals surface area contributed by atoms with Gasteiger partial charge in [0.05, 0.1) is 12.2 Å². The molecule has 0 aliphatic carbocycles. The fraction of sp³-hybridized carbons (Fsp3) is 0.188. The molecular formula is C16H13F3INO2. The summed E-state index contributed by atoms with van der Waals surface area (Å²) in [5.41, 5.74) is 0.195. The highest BCUT2D eigenvalue weighted by atomic mass is 127. The van der Waals surface area contributed by atoms with E-state index in [0.717, 1.165) is 21.3 Å². The molecule has 3 nitrogen and oxygen atoms in total. The van der Waals surface area contributed by atoms with Gasteiger partial charge in [-0.1, -0.05) is 12.1 Å². The predicted molar refractivity (Wildman–Crippen MR) is 89.2 cm³/mol. The van der Waals surface area contributed by atoms with Crippen LogP contribution in [-0.2, 0) is 12.8 Å². The minimum absolute atomic E-state index is 0.0232. The summed E-state index contributed by atoms with van der Waals surface area (Å²) in [6.45, 7) is 1.17. The molecule has 0 heterocycles. The molecule has 2 aromatic rings. The van der Waals surface area contributed by atoms with Crippen LogP contribution in [0.25, 0.3) is 0 Å². The van der Waals surface area contributed by atoms with Crippen molar-refractivity contribution in [3.63, 3.8) is 0 Å². The third kappa shape index (κ3) is 4.23. The second-order valence-corrected chi connectivity index (χ2v) is 6.11. The highest BCUT2D eigenvalue weighted by Gasteiger charge is 2.33. The van der Waals surface area contributed by atoms with Crippen molar-refractivity contribution in [1.82, 2.24) is 0 Å². The molecule has 7 heteroatoms. The summed E-state index contributed by atoms with van der Waals surface area (Å²) >= 11 is 2.08. The Morgan fingerprint density at radius 1 is 1.22 bits per heavy atom. The number of hydrogen-bond acceptors (Lipinski definition) is 2. The molecule has 0 saturated carbocycles. The molecule has 0 aromatic heterocycles. The van der Waals surface area contributed by atoms with Gasteiger partial charge in [-0.15, -0.1) is 0 Å². The fourth-order valence-corrected chi connectivity index (χ4v) is 2.51. The molecular weight excluding hydrogens is 422 g/mol. The summed E-state index contributed by atoms with van der Waals surface area (Å²) < 4.78 is 39.7. The molecule has 0 atom stereocenters. The third-order valence-corrected chi connectivity index (χ3v) is 4.44. The van der Waals surface area contributed by atoms with Gasteiger partial charge in [-0.2, -0.15) is 13.2 Å². The van der Waals surface area contributed by atoms with Crippen molar-refractivity contribution >= 4 is 34.2 Å². The number of aliphatic hydroxyl groups excluding tert-OH is 1. The van der Waals surface area contributed by atoms with Gasteiger partial charge < -0.3 is 10.4 Å². The number of hydrogen-bond donors (Lipinski definition) is 2. The Balaban J connectivity index is 2.29. The zero-order chi connectivity index (χ0) is 17.2. The van der Waals surface area contributed by atoms with E-state index in [0.29, 0.717) is 5.56 Å². The second-order valence-electron chi connectivity index (χ2n) is 4.95. The summed E-state index contributed by atoms with van der Waals surface area (Å²) in [6.07, 6.45) is -4.60. The van der Waals surface area contributed by atoms with Gasteiger partial charge in [-0.3, -0.25) is 4.79 Å². The third-order valence-electron chi connectivity index (χ3n) is 3.28. The molecule has 0 bridgehead atoms. The van der Waals surface area contributed by atoms with Crippen molar-refractivity contribution in [1.29, 1.82) is 0 Å². The predicted octanol–water partition coefficient (Wildman–Crippen LogP) is 4.36. The molecule has 2 rings (SSSR count). The van der Waals surface area contributed by atoms with Gasteiger partial charge in [0.2, 0.25) is 0 Å². The first-order chi connectivity index (χ1) is 10.7. The van der Waals surface area contributed by atoms with Crippen LogP contribution in [0.15, 0.2) is 36.4 Å². The van der Waals surface area contributed by atoms with Gasteiger partial charge in [-0.25, -0.2) is 0 Å². The Hall–Kier alpha value is -1.61. The number of amides is 1. The fourth-order valence-electron chi connectivity index (χ4n) is 1.99. The summed E-state index contributed by atoms with van der Waals surface area (Å²) in [4.78, 5) is 12.1. The lowest BCUT2D eigenvalue weighted by Gasteiger charge is -2.14. The summed E-state index contributed by atoms with van der Waals surface area (Å²) in [6, 6.07) is 8.35. The average molecular weight is 435 g/mol. The van der Waals surface area contributed by atoms with Crippen molar-refractivity contribution in [2.45, 2.75) is 19.7 Å². The monoisotopic (exact) mass is 435 g/mol. The van der Waals surface area contributed by atoms with Crippen molar-refractivity contribution in [2.24, 2.45) is 0 Å². The van der Waals surface area contributed by atoms with E-state index in [1.165, 1.54) is 6.07 Å². The van der Waals surface area contributed by atoms with Crippen LogP contribution in [0.1, 0.15) is 27.0 Å². The molecule has 0 unspecified atom stereocenters. The van der Waals surface area contributed by atoms with Gasteiger partial charge in [-0.05, 0) is 64.9 Å². The molecule has 0 saturated heterocycles. The maximum atomic E-state index is 12.9. The van der Waals surface area contributed by atoms with E-state index in [-0.39, 0.29) is 11.3 Å². The summed E-state index contributed by atoms with van der Waals surface area (Å²) in [7, 11) is 0. The van der Waals surface area contributed by atoms with Crippen molar-refractivity contribution in [2.75, 3.05) is 5.32 Å². The lowest BCUT2D eigenvalue weighted by Crippen LogP contribution is -2.15. The normalized spacial score (nSPS) is 11.4. The number of aryl methyl sites for hydroxylation is 1. The van der Waals surface area contributed by atoms with Crippen LogP contribution in [0.3, 0.4) is 0 Å². The van der Waals surface area contributed by atoms with Crippen LogP contribution in [0.4, 0.5) is 18.9 Å². The number of alkyl halides is 3. The van der Waals surface area contributed by atoms with E-state index < -0.39 is 24.3 Å². The molecule has 0 fully saturated rings. The Morgan fingerprint density at radius 2 is 1.91 bits per heavy atom. The van der Waals surface area contributed by atoms with E-state index in [9.17, 15) is 18.0 Å². The molecule has 1 amide bonds. The van der Waals surface area contributed by atoms with Crippen LogP contribution in [0.5, 0.6) is 0 Å². The van der Waals surface area contributed by atoms with Gasteiger partial charge >= 0.3 is 6.18 Å². The maximum absolute atomic E-state index is 12.9. The van der Waals surface area contributed by atoms with E-state index in [4.69, 9.17) is 5.11 Å². The van der Waals surface area contributed by atoms with Crippen LogP contribution < -0.4 is 5.32 Å². The number of carbonyl (C=O) groups excluding carboxylic acids is 1. The molecule has 0 spiro atoms. The Bertz CT molecular complexity index is 745. The molecule has 0 radical (unpaired) electrons. The number of nitrogens with one attached hydrogen (secondary N) is 1. The number of benzene rings is 2. The zero-order valence-electron chi connectivity index (χ0n) is 12.0. The number of rotatable bonds is 3. The highest BCUT2D eigenvalue weighted by Crippen LogP contribution is 2.34. The van der Waals surface area contributed by atoms with Crippen molar-refractivity contribution in [3.8, 4) is 0 Å². The van der Waals surface area contributed by atoms with Gasteiger partial charge in [0.15, 0.2) is 0 Å². The first kappa shape index (κ1) is 17.7. The standard InChI is InChI=1S/C16H13F3INO2/c1-9-2-3-10(6-14(9)20)15(23)21-12-5-4-11(8-22)13(7-12)16(17,18)19/h2-7,22H,8H2,1H3,(H,21,23). The Morgan fingerprint density at radius 3 is 2.48 bits per heavy atom. The van der Waals surface area contributed by atoms with E-state index in [1.54, 1.807) is 18.2 Å². The first-order valence-corrected chi connectivity index (χ1v) is 7.68. The van der Waals surface area contributed by atoms with Gasteiger partial charge in [0, 0.05) is 14.8 Å². The number of halogens is 4. The van der Waals surface area contributed by atoms with Crippen LogP contribution >= 0.6 is 22.6 Å². The van der Waals surface area contributed by atoms with Gasteiger partial charge in [0.25, 0.3) is 5.91 Å². The first-order valence-electron chi connectivity index (χ1n) is 6.61. The van der Waals surface area contributed by atoms with E-state index in [1.807, 2.05) is 6.92 Å². The molecule has 122 valence electrons. The smallest absolute Gasteiger partial charge is 0.392 e. The van der Waals surface area contributed by atoms with E-state index >= 15 is 0 Å². The van der Waals surface area contributed by atoms with E-state index in [2.05, 4.69) is 27.9 Å². The summed E-state index contributed by atoms with van der Waals surface area (Å²) in [5.74, 6) is -0.493. The van der Waals surface area contributed by atoms with Crippen molar-refractivity contribution < 1.29 is 23.1 Å². The highest BCUT2D eigenvalue weighted by molar-refractivity contribution is 14.1. The molecule has 2 aromatic carbocycles. The maximum Gasteiger partial charge on any atom is 0.416 e. The lowest BCUT2D eigenvalue weighted by molar-refractivity contribution is -0.138. The van der Waals surface area contributed by atoms with Crippen molar-refractivity contribution in [3.05, 3.63) is 62.2 Å². The van der Waals surface area contributed by atoms with Crippen LogP contribution in [-0.4, -0.2) is 11.0 Å². The number of carbonyl (C=O) groups is 1. The molecule has 0 aliphatic heterocycles. The zero-order valence-corrected chi connectivity index (χ0v) is 14.2. The SMILES string of the molecule is Cc1ccc(C(=O)Nc2ccc(CO)c(C(F)(F)F)c2)cc1I. The largest absolute Gasteiger partial charge is 0.416 e. The van der Waals surface area contributed by atoms with Crippen LogP contribution in [0.2, 0.25) is 0 Å². The average Bonchev–Trinajstić information content (AvgIpc) is 2.49. The summed E-state index contributed by atoms with van der Waals surface area (Å²) in [5, 5.41) is 11.4. The Kier molecular flexibility index (Phi) is 5.30. The quantitative estimate of drug-likeness (QED) is 0.705. The Labute approximate surface area is 144 Å². The minimum atomic E-state index is -4.60. The second kappa shape index (κ2) is 6.88.